The second-order valence-corrected chi connectivity index (χ2v) is 7.95. The summed E-state index contributed by atoms with van der Waals surface area (Å²) in [6, 6.07) is 13.7. The number of anilines is 1. The zero-order chi connectivity index (χ0) is 20.8. The highest BCUT2D eigenvalue weighted by Crippen LogP contribution is 2.26. The van der Waals surface area contributed by atoms with Crippen LogP contribution < -0.4 is 14.7 Å². The van der Waals surface area contributed by atoms with Crippen molar-refractivity contribution in [3.63, 3.8) is 0 Å². The van der Waals surface area contributed by atoms with Gasteiger partial charge in [-0.3, -0.25) is 4.90 Å². The van der Waals surface area contributed by atoms with Gasteiger partial charge in [-0.25, -0.2) is 13.2 Å². The van der Waals surface area contributed by atoms with Gasteiger partial charge in [0.2, 0.25) is 0 Å². The van der Waals surface area contributed by atoms with E-state index < -0.39 is 26.2 Å². The molecule has 0 saturated heterocycles. The summed E-state index contributed by atoms with van der Waals surface area (Å²) in [5.41, 5.74) is 0.843. The van der Waals surface area contributed by atoms with Crippen molar-refractivity contribution >= 4 is 27.2 Å². The van der Waals surface area contributed by atoms with Gasteiger partial charge in [-0.1, -0.05) is 28.7 Å². The first-order valence-electron chi connectivity index (χ1n) is 8.40. The van der Waals surface area contributed by atoms with E-state index in [1.54, 1.807) is 49.4 Å². The van der Waals surface area contributed by atoms with Crippen LogP contribution in [-0.4, -0.2) is 33.9 Å². The molecular formula is C19H20N5O3S+. The van der Waals surface area contributed by atoms with E-state index in [1.807, 2.05) is 12.4 Å². The number of rotatable bonds is 6. The third-order valence-corrected chi connectivity index (χ3v) is 5.81. The normalized spacial score (nSPS) is 11.1. The molecule has 0 saturated carbocycles. The van der Waals surface area contributed by atoms with Crippen LogP contribution in [0.2, 0.25) is 0 Å². The molecule has 0 aliphatic heterocycles. The highest BCUT2D eigenvalue weighted by molar-refractivity contribution is 7.91. The largest absolute Gasteiger partial charge is 0.330 e. The molecule has 0 bridgehead atoms. The smallest absolute Gasteiger partial charge is 0.323 e. The Labute approximate surface area is 164 Å². The fourth-order valence-electron chi connectivity index (χ4n) is 2.50. The maximum Gasteiger partial charge on any atom is 0.330 e. The van der Waals surface area contributed by atoms with Gasteiger partial charge in [0.1, 0.15) is 12.4 Å². The Balaban J connectivity index is 2.17. The van der Waals surface area contributed by atoms with Crippen molar-refractivity contribution in [3.8, 4) is 12.4 Å². The Kier molecular flexibility index (Phi) is 6.37. The fraction of sp³-hybridized carbons (Fsp3) is 0.211. The summed E-state index contributed by atoms with van der Waals surface area (Å²) < 4.78 is 24.0. The second kappa shape index (κ2) is 8.53. The van der Waals surface area contributed by atoms with Crippen LogP contribution in [-0.2, 0) is 9.84 Å². The molecule has 1 N–H and O–H groups in total. The molecule has 2 aromatic rings. The molecule has 0 fully saturated rings. The molecule has 8 nitrogen and oxygen atoms in total. The number of amides is 2. The van der Waals surface area contributed by atoms with Gasteiger partial charge in [-0.05, 0) is 25.1 Å². The van der Waals surface area contributed by atoms with Crippen molar-refractivity contribution in [3.05, 3.63) is 54.6 Å². The van der Waals surface area contributed by atoms with E-state index in [9.17, 15) is 23.7 Å². The number of carbonyl (C=O) groups excluding carboxylic acids is 1. The molecule has 0 radical (unpaired) electrons. The predicted molar refractivity (Wildman–Crippen MR) is 105 cm³/mol. The van der Waals surface area contributed by atoms with E-state index in [2.05, 4.69) is 5.32 Å². The molecule has 2 rings (SSSR count). The van der Waals surface area contributed by atoms with Gasteiger partial charge in [0.25, 0.3) is 0 Å². The van der Waals surface area contributed by atoms with Crippen molar-refractivity contribution < 1.29 is 13.2 Å². The van der Waals surface area contributed by atoms with Crippen LogP contribution in [0.15, 0.2) is 59.5 Å². The summed E-state index contributed by atoms with van der Waals surface area (Å²) in [7, 11) is -2.19. The quantitative estimate of drug-likeness (QED) is 0.593. The summed E-state index contributed by atoms with van der Waals surface area (Å²) >= 11 is 0. The van der Waals surface area contributed by atoms with Gasteiger partial charge in [-0.15, -0.1) is 10.5 Å². The van der Waals surface area contributed by atoms with E-state index >= 15 is 0 Å². The first kappa shape index (κ1) is 20.9. The molecule has 144 valence electrons. The molecule has 0 aromatic heterocycles. The van der Waals surface area contributed by atoms with Crippen LogP contribution in [0.3, 0.4) is 0 Å². The van der Waals surface area contributed by atoms with Gasteiger partial charge in [-0.2, -0.15) is 0 Å². The molecule has 9 heteroatoms. The summed E-state index contributed by atoms with van der Waals surface area (Å²) in [4.78, 5) is 13.8. The summed E-state index contributed by atoms with van der Waals surface area (Å²) in [6.45, 7) is 1.95. The van der Waals surface area contributed by atoms with Gasteiger partial charge in [0.15, 0.2) is 15.5 Å². The lowest BCUT2D eigenvalue weighted by atomic mass is 10.2. The first-order valence-corrected chi connectivity index (χ1v) is 10.1. The minimum atomic E-state index is -3.66. The SMILES string of the molecule is CC[N+](C#N)(C#N)c1cccc(N(C)C(=O)NCS(=O)(=O)c2ccccc2)c1. The number of hydrogen-bond acceptors (Lipinski definition) is 5. The Hall–Kier alpha value is -3.40. The Bertz CT molecular complexity index is 1030. The molecule has 0 aliphatic carbocycles. The number of urea groups is 1. The van der Waals surface area contributed by atoms with Crippen molar-refractivity contribution in [1.29, 1.82) is 10.5 Å². The van der Waals surface area contributed by atoms with Crippen LogP contribution in [0, 0.1) is 22.9 Å². The lowest BCUT2D eigenvalue weighted by molar-refractivity contribution is 0.249. The minimum absolute atomic E-state index is 0.119. The maximum atomic E-state index is 12.4. The average Bonchev–Trinajstić information content (AvgIpc) is 2.74. The molecule has 2 aromatic carbocycles. The molecular weight excluding hydrogens is 378 g/mol. The maximum absolute atomic E-state index is 12.4. The number of nitriles is 2. The van der Waals surface area contributed by atoms with Gasteiger partial charge >= 0.3 is 18.4 Å². The predicted octanol–water partition coefficient (Wildman–Crippen LogP) is 2.55. The van der Waals surface area contributed by atoms with Crippen LogP contribution >= 0.6 is 0 Å². The van der Waals surface area contributed by atoms with Crippen molar-refractivity contribution in [2.45, 2.75) is 11.8 Å². The molecule has 0 atom stereocenters. The minimum Gasteiger partial charge on any atom is -0.323 e. The Morgan fingerprint density at radius 2 is 1.75 bits per heavy atom. The van der Waals surface area contributed by atoms with Crippen molar-refractivity contribution in [2.24, 2.45) is 0 Å². The van der Waals surface area contributed by atoms with E-state index in [1.165, 1.54) is 24.1 Å². The van der Waals surface area contributed by atoms with Crippen LogP contribution in [0.1, 0.15) is 6.92 Å². The Morgan fingerprint density at radius 1 is 1.11 bits per heavy atom. The summed E-state index contributed by atoms with van der Waals surface area (Å²) in [5.74, 6) is -0.550. The van der Waals surface area contributed by atoms with E-state index in [4.69, 9.17) is 0 Å². The zero-order valence-corrected chi connectivity index (χ0v) is 16.3. The van der Waals surface area contributed by atoms with Crippen LogP contribution in [0.5, 0.6) is 0 Å². The van der Waals surface area contributed by atoms with Crippen LogP contribution in [0.4, 0.5) is 16.2 Å². The van der Waals surface area contributed by atoms with Gasteiger partial charge < -0.3 is 5.32 Å². The van der Waals surface area contributed by atoms with Gasteiger partial charge in [0, 0.05) is 19.2 Å². The standard InChI is InChI=1S/C19H19N5O3S/c1-3-24(13-20,14-21)17-9-7-8-16(12-17)23(2)19(25)22-15-28(26,27)18-10-5-4-6-11-18/h4-12H,3,15H2,1-2H3/p+1. The summed E-state index contributed by atoms with van der Waals surface area (Å²) in [5, 5.41) is 21.2. The molecule has 0 aliphatic rings. The van der Waals surface area contributed by atoms with Crippen molar-refractivity contribution in [1.82, 2.24) is 9.80 Å². The topological polar surface area (TPSA) is 114 Å². The number of nitrogens with zero attached hydrogens (tertiary/aromatic N) is 4. The highest BCUT2D eigenvalue weighted by Gasteiger charge is 2.31. The lowest BCUT2D eigenvalue weighted by Gasteiger charge is -2.21. The molecule has 0 spiro atoms. The molecule has 28 heavy (non-hydrogen) atoms. The van der Waals surface area contributed by atoms with E-state index in [0.29, 0.717) is 11.4 Å². The third kappa shape index (κ3) is 4.29. The Morgan fingerprint density at radius 3 is 2.32 bits per heavy atom. The zero-order valence-electron chi connectivity index (χ0n) is 15.5. The second-order valence-electron chi connectivity index (χ2n) is 5.96. The van der Waals surface area contributed by atoms with Crippen LogP contribution in [0.25, 0.3) is 0 Å². The van der Waals surface area contributed by atoms with Gasteiger partial charge in [0.05, 0.1) is 10.6 Å². The number of sulfone groups is 1. The lowest BCUT2D eigenvalue weighted by Crippen LogP contribution is -2.41. The van der Waals surface area contributed by atoms with E-state index in [-0.39, 0.29) is 11.4 Å². The number of nitrogens with one attached hydrogen (secondary N) is 1. The molecule has 0 heterocycles. The third-order valence-electron chi connectivity index (χ3n) is 4.29. The first-order chi connectivity index (χ1) is 13.3. The number of carbonyl (C=O) groups is 1. The molecule has 0 unspecified atom stereocenters. The fourth-order valence-corrected chi connectivity index (χ4v) is 3.56. The van der Waals surface area contributed by atoms with Crippen molar-refractivity contribution in [2.75, 3.05) is 24.4 Å². The number of quaternary nitrogens is 1. The number of hydrogen-bond donors (Lipinski definition) is 1. The average molecular weight is 398 g/mol. The number of benzene rings is 2. The highest BCUT2D eigenvalue weighted by atomic mass is 32.2. The monoisotopic (exact) mass is 398 g/mol. The summed E-state index contributed by atoms with van der Waals surface area (Å²) in [6.07, 6.45) is 3.94. The molecule has 2 amide bonds. The van der Waals surface area contributed by atoms with E-state index in [0.717, 1.165) is 0 Å².